The molecule has 0 heterocycles. The van der Waals surface area contributed by atoms with E-state index in [1.54, 1.807) is 0 Å². The second-order valence-corrected chi connectivity index (χ2v) is 6.38. The number of likely N-dealkylation sites (N-methyl/N-ethyl adjacent to an activating group) is 2. The Bertz CT molecular complexity index is 445. The number of para-hydroxylation sites is 1. The van der Waals surface area contributed by atoms with Gasteiger partial charge in [0.05, 0.1) is 0 Å². The van der Waals surface area contributed by atoms with Crippen molar-refractivity contribution in [1.29, 1.82) is 0 Å². The third-order valence-corrected chi connectivity index (χ3v) is 4.66. The van der Waals surface area contributed by atoms with Crippen molar-refractivity contribution in [3.63, 3.8) is 0 Å². The second kappa shape index (κ2) is 6.59. The molecule has 0 aliphatic heterocycles. The monoisotopic (exact) mass is 276 g/mol. The lowest BCUT2D eigenvalue weighted by Gasteiger charge is -2.41. The van der Waals surface area contributed by atoms with Gasteiger partial charge in [-0.05, 0) is 46.5 Å². The van der Waals surface area contributed by atoms with Crippen molar-refractivity contribution in [3.8, 4) is 5.75 Å². The van der Waals surface area contributed by atoms with Crippen LogP contribution in [0.3, 0.4) is 0 Å². The zero-order valence-electron chi connectivity index (χ0n) is 13.3. The average Bonchev–Trinajstić information content (AvgIpc) is 2.43. The lowest BCUT2D eigenvalue weighted by atomic mass is 9.88. The number of aromatic hydroxyl groups is 1. The van der Waals surface area contributed by atoms with Gasteiger partial charge in [0.1, 0.15) is 5.75 Å². The number of phenols is 1. The highest BCUT2D eigenvalue weighted by molar-refractivity contribution is 5.39. The molecule has 2 rings (SSSR count). The van der Waals surface area contributed by atoms with E-state index in [-0.39, 0.29) is 0 Å². The van der Waals surface area contributed by atoms with Gasteiger partial charge in [-0.3, -0.25) is 4.90 Å². The molecule has 1 aliphatic carbocycles. The summed E-state index contributed by atoms with van der Waals surface area (Å²) in [5.41, 5.74) is 2.00. The smallest absolute Gasteiger partial charge is 0.122 e. The van der Waals surface area contributed by atoms with Crippen LogP contribution in [0.25, 0.3) is 0 Å². The van der Waals surface area contributed by atoms with E-state index in [0.29, 0.717) is 17.8 Å². The molecule has 0 bridgehead atoms. The van der Waals surface area contributed by atoms with Gasteiger partial charge in [0.2, 0.25) is 0 Å². The molecule has 0 saturated heterocycles. The number of benzene rings is 1. The molecule has 20 heavy (non-hydrogen) atoms. The van der Waals surface area contributed by atoms with Crippen LogP contribution >= 0.6 is 0 Å². The summed E-state index contributed by atoms with van der Waals surface area (Å²) in [6.45, 7) is 2.78. The normalized spacial score (nSPS) is 23.5. The lowest BCUT2D eigenvalue weighted by Crippen LogP contribution is -2.49. The SMILES string of the molecule is Cc1cccc(CN(C)[C@@H]2CCCC[C@H]2N(C)C)c1O. The molecule has 1 fully saturated rings. The van der Waals surface area contributed by atoms with Gasteiger partial charge in [-0.25, -0.2) is 0 Å². The molecule has 1 aromatic carbocycles. The zero-order valence-corrected chi connectivity index (χ0v) is 13.3. The maximum atomic E-state index is 10.2. The van der Waals surface area contributed by atoms with Crippen LogP contribution in [0.1, 0.15) is 36.8 Å². The van der Waals surface area contributed by atoms with E-state index < -0.39 is 0 Å². The molecule has 0 aromatic heterocycles. The fourth-order valence-corrected chi connectivity index (χ4v) is 3.44. The van der Waals surface area contributed by atoms with Gasteiger partial charge in [0.15, 0.2) is 0 Å². The van der Waals surface area contributed by atoms with E-state index in [4.69, 9.17) is 0 Å². The number of aryl methyl sites for hydroxylation is 1. The van der Waals surface area contributed by atoms with Crippen molar-refractivity contribution in [3.05, 3.63) is 29.3 Å². The van der Waals surface area contributed by atoms with Gasteiger partial charge in [-0.15, -0.1) is 0 Å². The zero-order chi connectivity index (χ0) is 14.7. The summed E-state index contributed by atoms with van der Waals surface area (Å²) in [4.78, 5) is 4.77. The van der Waals surface area contributed by atoms with Crippen LogP contribution in [0.4, 0.5) is 0 Å². The fourth-order valence-electron chi connectivity index (χ4n) is 3.44. The number of rotatable bonds is 4. The van der Waals surface area contributed by atoms with Crippen LogP contribution in [0.15, 0.2) is 18.2 Å². The van der Waals surface area contributed by atoms with Crippen LogP contribution in [0, 0.1) is 6.92 Å². The number of nitrogens with zero attached hydrogens (tertiary/aromatic N) is 2. The molecule has 0 unspecified atom stereocenters. The van der Waals surface area contributed by atoms with Crippen molar-refractivity contribution in [1.82, 2.24) is 9.80 Å². The Hall–Kier alpha value is -1.06. The summed E-state index contributed by atoms with van der Waals surface area (Å²) in [6, 6.07) is 7.23. The Morgan fingerprint density at radius 2 is 1.75 bits per heavy atom. The van der Waals surface area contributed by atoms with Gasteiger partial charge in [-0.1, -0.05) is 31.0 Å². The standard InChI is InChI=1S/C17H28N2O/c1-13-8-7-9-14(17(13)20)12-19(4)16-11-6-5-10-15(16)18(2)3/h7-9,15-16,20H,5-6,10-12H2,1-4H3/t15-,16-/m1/s1. The maximum absolute atomic E-state index is 10.2. The minimum Gasteiger partial charge on any atom is -0.507 e. The summed E-state index contributed by atoms with van der Waals surface area (Å²) in [5.74, 6) is 0.455. The Kier molecular flexibility index (Phi) is 5.06. The van der Waals surface area contributed by atoms with Crippen molar-refractivity contribution < 1.29 is 5.11 Å². The highest BCUT2D eigenvalue weighted by atomic mass is 16.3. The van der Waals surface area contributed by atoms with Gasteiger partial charge >= 0.3 is 0 Å². The van der Waals surface area contributed by atoms with Crippen molar-refractivity contribution in [2.45, 2.75) is 51.2 Å². The van der Waals surface area contributed by atoms with E-state index in [9.17, 15) is 5.11 Å². The van der Waals surface area contributed by atoms with E-state index in [2.05, 4.69) is 30.9 Å². The molecule has 1 N–H and O–H groups in total. The predicted octanol–water partition coefficient (Wildman–Crippen LogP) is 3.01. The largest absolute Gasteiger partial charge is 0.507 e. The quantitative estimate of drug-likeness (QED) is 0.916. The summed E-state index contributed by atoms with van der Waals surface area (Å²) >= 11 is 0. The lowest BCUT2D eigenvalue weighted by molar-refractivity contribution is 0.0872. The Labute approximate surface area is 123 Å². The highest BCUT2D eigenvalue weighted by Crippen LogP contribution is 2.28. The molecule has 1 aromatic rings. The third kappa shape index (κ3) is 3.33. The predicted molar refractivity (Wildman–Crippen MR) is 84.0 cm³/mol. The number of hydrogen-bond donors (Lipinski definition) is 1. The summed E-state index contributed by atoms with van der Waals surface area (Å²) in [7, 11) is 6.55. The molecule has 112 valence electrons. The fraction of sp³-hybridized carbons (Fsp3) is 0.647. The van der Waals surface area contributed by atoms with E-state index in [1.807, 2.05) is 25.1 Å². The number of phenolic OH excluding ortho intramolecular Hbond substituents is 1. The molecule has 0 radical (unpaired) electrons. The average molecular weight is 276 g/mol. The second-order valence-electron chi connectivity index (χ2n) is 6.38. The highest BCUT2D eigenvalue weighted by Gasteiger charge is 2.29. The van der Waals surface area contributed by atoms with E-state index >= 15 is 0 Å². The van der Waals surface area contributed by atoms with Crippen LogP contribution in [0.5, 0.6) is 5.75 Å². The molecule has 3 nitrogen and oxygen atoms in total. The first kappa shape index (κ1) is 15.3. The van der Waals surface area contributed by atoms with Gasteiger partial charge in [0, 0.05) is 24.2 Å². The minimum atomic E-state index is 0.455. The summed E-state index contributed by atoms with van der Waals surface area (Å²) in [6.07, 6.45) is 5.19. The topological polar surface area (TPSA) is 26.7 Å². The Balaban J connectivity index is 2.10. The molecular formula is C17H28N2O. The molecule has 2 atom stereocenters. The van der Waals surface area contributed by atoms with Crippen LogP contribution in [-0.2, 0) is 6.54 Å². The van der Waals surface area contributed by atoms with Gasteiger partial charge in [-0.2, -0.15) is 0 Å². The first-order valence-corrected chi connectivity index (χ1v) is 7.65. The van der Waals surface area contributed by atoms with Crippen LogP contribution < -0.4 is 0 Å². The maximum Gasteiger partial charge on any atom is 0.122 e. The third-order valence-electron chi connectivity index (χ3n) is 4.66. The molecule has 0 spiro atoms. The van der Waals surface area contributed by atoms with Crippen molar-refractivity contribution >= 4 is 0 Å². The van der Waals surface area contributed by atoms with Crippen LogP contribution in [-0.4, -0.2) is 48.1 Å². The molecular weight excluding hydrogens is 248 g/mol. The first-order chi connectivity index (χ1) is 9.50. The van der Waals surface area contributed by atoms with E-state index in [1.165, 1.54) is 25.7 Å². The van der Waals surface area contributed by atoms with Gasteiger partial charge in [0.25, 0.3) is 0 Å². The van der Waals surface area contributed by atoms with Crippen molar-refractivity contribution in [2.75, 3.05) is 21.1 Å². The Morgan fingerprint density at radius 1 is 1.10 bits per heavy atom. The first-order valence-electron chi connectivity index (χ1n) is 7.65. The molecule has 1 aliphatic rings. The Morgan fingerprint density at radius 3 is 2.40 bits per heavy atom. The number of hydrogen-bond acceptors (Lipinski definition) is 3. The van der Waals surface area contributed by atoms with E-state index in [0.717, 1.165) is 17.7 Å². The molecule has 1 saturated carbocycles. The van der Waals surface area contributed by atoms with Crippen LogP contribution in [0.2, 0.25) is 0 Å². The molecule has 3 heteroatoms. The minimum absolute atomic E-state index is 0.455. The van der Waals surface area contributed by atoms with Crippen molar-refractivity contribution in [2.24, 2.45) is 0 Å². The molecule has 0 amide bonds. The summed E-state index contributed by atoms with van der Waals surface area (Å²) < 4.78 is 0. The summed E-state index contributed by atoms with van der Waals surface area (Å²) in [5, 5.41) is 10.2. The van der Waals surface area contributed by atoms with Gasteiger partial charge < -0.3 is 10.0 Å².